The van der Waals surface area contributed by atoms with Crippen molar-refractivity contribution in [3.8, 4) is 11.8 Å². The molecule has 0 aliphatic carbocycles. The summed E-state index contributed by atoms with van der Waals surface area (Å²) in [6.07, 6.45) is 0.173. The molecule has 0 heterocycles. The Labute approximate surface area is 85.9 Å². The summed E-state index contributed by atoms with van der Waals surface area (Å²) in [7, 11) is 1.22. The molecule has 15 heavy (non-hydrogen) atoms. The van der Waals surface area contributed by atoms with Gasteiger partial charge in [0.2, 0.25) is 0 Å². The molecule has 0 aliphatic heterocycles. The number of rotatable bonds is 1. The molecule has 0 fully saturated rings. The average molecular weight is 210 g/mol. The Morgan fingerprint density at radius 3 is 2.73 bits per heavy atom. The van der Waals surface area contributed by atoms with Crippen LogP contribution < -0.4 is 0 Å². The van der Waals surface area contributed by atoms with Gasteiger partial charge in [0.25, 0.3) is 0 Å². The molecule has 0 N–H and O–H groups in total. The molecule has 0 radical (unpaired) electrons. The van der Waals surface area contributed by atoms with Gasteiger partial charge in [-0.25, -0.2) is 13.6 Å². The Kier molecular flexibility index (Phi) is 3.81. The molecule has 1 rings (SSSR count). The molecule has 0 saturated heterocycles. The van der Waals surface area contributed by atoms with Crippen molar-refractivity contribution < 1.29 is 18.3 Å². The van der Waals surface area contributed by atoms with E-state index in [0.29, 0.717) is 5.56 Å². The van der Waals surface area contributed by atoms with Gasteiger partial charge in [-0.15, -0.1) is 0 Å². The fourth-order valence-corrected chi connectivity index (χ4v) is 0.919. The van der Waals surface area contributed by atoms with E-state index in [1.165, 1.54) is 13.2 Å². The maximum atomic E-state index is 12.7. The maximum absolute atomic E-state index is 12.7. The number of esters is 1. The lowest BCUT2D eigenvalue weighted by Crippen LogP contribution is -1.95. The van der Waals surface area contributed by atoms with Crippen LogP contribution in [0.15, 0.2) is 18.2 Å². The molecule has 0 aliphatic rings. The van der Waals surface area contributed by atoms with Gasteiger partial charge in [-0.2, -0.15) is 0 Å². The summed E-state index contributed by atoms with van der Waals surface area (Å²) >= 11 is 0. The summed E-state index contributed by atoms with van der Waals surface area (Å²) in [4.78, 5) is 10.6. The van der Waals surface area contributed by atoms with E-state index in [0.717, 1.165) is 12.1 Å². The van der Waals surface area contributed by atoms with Crippen LogP contribution in [0.1, 0.15) is 5.56 Å². The molecular formula is C11H8F2O2. The first kappa shape index (κ1) is 11.2. The molecule has 78 valence electrons. The highest BCUT2D eigenvalue weighted by Gasteiger charge is 2.00. The quantitative estimate of drug-likeness (QED) is 0.400. The molecule has 1 aromatic carbocycles. The van der Waals surface area contributed by atoms with Crippen LogP contribution in [0.3, 0.4) is 0 Å². The zero-order valence-corrected chi connectivity index (χ0v) is 8.01. The summed E-state index contributed by atoms with van der Waals surface area (Å²) in [5.41, 5.74) is 0.505. The number of hydrogen-bond acceptors (Lipinski definition) is 2. The monoisotopic (exact) mass is 210 g/mol. The van der Waals surface area contributed by atoms with Crippen LogP contribution in [0.25, 0.3) is 0 Å². The van der Waals surface area contributed by atoms with Gasteiger partial charge in [0.15, 0.2) is 11.6 Å². The second kappa shape index (κ2) is 5.11. The molecule has 1 aromatic rings. The topological polar surface area (TPSA) is 26.3 Å². The third-order valence-corrected chi connectivity index (χ3v) is 1.65. The van der Waals surface area contributed by atoms with Crippen LogP contribution >= 0.6 is 0 Å². The Bertz CT molecular complexity index is 430. The predicted molar refractivity (Wildman–Crippen MR) is 49.9 cm³/mol. The van der Waals surface area contributed by atoms with Gasteiger partial charge in [-0.05, 0) is 17.7 Å². The Morgan fingerprint density at radius 1 is 1.40 bits per heavy atom. The van der Waals surface area contributed by atoms with Crippen molar-refractivity contribution in [1.82, 2.24) is 0 Å². The fourth-order valence-electron chi connectivity index (χ4n) is 0.919. The number of carbonyl (C=O) groups excluding carboxylic acids is 1. The summed E-state index contributed by atoms with van der Waals surface area (Å²) < 4.78 is 29.5. The van der Waals surface area contributed by atoms with E-state index in [1.807, 2.05) is 0 Å². The lowest BCUT2D eigenvalue weighted by atomic mass is 10.1. The van der Waals surface area contributed by atoms with Gasteiger partial charge < -0.3 is 4.74 Å². The van der Waals surface area contributed by atoms with Gasteiger partial charge in [0.05, 0.1) is 7.11 Å². The minimum Gasteiger partial charge on any atom is -0.459 e. The summed E-state index contributed by atoms with van der Waals surface area (Å²) in [6.45, 7) is 0. The van der Waals surface area contributed by atoms with Crippen LogP contribution in [-0.2, 0) is 16.0 Å². The lowest BCUT2D eigenvalue weighted by molar-refractivity contribution is -0.133. The van der Waals surface area contributed by atoms with E-state index in [-0.39, 0.29) is 6.42 Å². The first-order valence-corrected chi connectivity index (χ1v) is 4.14. The van der Waals surface area contributed by atoms with Gasteiger partial charge in [-0.3, -0.25) is 0 Å². The molecule has 0 atom stereocenters. The summed E-state index contributed by atoms with van der Waals surface area (Å²) in [5.74, 6) is 2.19. The lowest BCUT2D eigenvalue weighted by Gasteiger charge is -1.95. The van der Waals surface area contributed by atoms with E-state index < -0.39 is 17.6 Å². The number of hydrogen-bond donors (Lipinski definition) is 0. The van der Waals surface area contributed by atoms with Crippen molar-refractivity contribution in [2.24, 2.45) is 0 Å². The molecule has 0 unspecified atom stereocenters. The molecule has 0 spiro atoms. The minimum absolute atomic E-state index is 0.173. The molecule has 0 aromatic heterocycles. The van der Waals surface area contributed by atoms with Crippen molar-refractivity contribution >= 4 is 5.97 Å². The average Bonchev–Trinajstić information content (AvgIpc) is 2.23. The van der Waals surface area contributed by atoms with E-state index in [4.69, 9.17) is 0 Å². The third kappa shape index (κ3) is 3.39. The highest BCUT2D eigenvalue weighted by molar-refractivity contribution is 5.88. The highest BCUT2D eigenvalue weighted by atomic mass is 19.2. The SMILES string of the molecule is COC(=O)C#CCc1ccc(F)c(F)c1. The normalized spacial score (nSPS) is 9.00. The van der Waals surface area contributed by atoms with E-state index >= 15 is 0 Å². The van der Waals surface area contributed by atoms with Crippen LogP contribution in [0.2, 0.25) is 0 Å². The first-order valence-electron chi connectivity index (χ1n) is 4.14. The Hall–Kier alpha value is -1.89. The third-order valence-electron chi connectivity index (χ3n) is 1.65. The summed E-state index contributed by atoms with van der Waals surface area (Å²) in [5, 5.41) is 0. The summed E-state index contributed by atoms with van der Waals surface area (Å²) in [6, 6.07) is 3.47. The number of ether oxygens (including phenoxy) is 1. The minimum atomic E-state index is -0.924. The number of halogens is 2. The second-order valence-electron chi connectivity index (χ2n) is 2.72. The largest absolute Gasteiger partial charge is 0.459 e. The van der Waals surface area contributed by atoms with E-state index in [1.54, 1.807) is 0 Å². The fraction of sp³-hybridized carbons (Fsp3) is 0.182. The van der Waals surface area contributed by atoms with Crippen molar-refractivity contribution in [3.63, 3.8) is 0 Å². The van der Waals surface area contributed by atoms with Gasteiger partial charge in [-0.1, -0.05) is 12.0 Å². The van der Waals surface area contributed by atoms with Gasteiger partial charge in [0.1, 0.15) is 0 Å². The highest BCUT2D eigenvalue weighted by Crippen LogP contribution is 2.08. The zero-order chi connectivity index (χ0) is 11.3. The number of methoxy groups -OCH3 is 1. The molecule has 4 heteroatoms. The van der Waals surface area contributed by atoms with Crippen molar-refractivity contribution in [1.29, 1.82) is 0 Å². The number of carbonyl (C=O) groups is 1. The predicted octanol–water partition coefficient (Wildman–Crippen LogP) is 1.68. The number of benzene rings is 1. The van der Waals surface area contributed by atoms with Crippen LogP contribution in [0, 0.1) is 23.5 Å². The standard InChI is InChI=1S/C11H8F2O2/c1-15-11(14)4-2-3-8-5-6-9(12)10(13)7-8/h5-7H,3H2,1H3. The first-order chi connectivity index (χ1) is 7.13. The second-order valence-corrected chi connectivity index (χ2v) is 2.72. The Morgan fingerprint density at radius 2 is 2.13 bits per heavy atom. The van der Waals surface area contributed by atoms with E-state index in [2.05, 4.69) is 16.6 Å². The zero-order valence-electron chi connectivity index (χ0n) is 8.01. The molecular weight excluding hydrogens is 202 g/mol. The molecule has 0 bridgehead atoms. The Balaban J connectivity index is 2.68. The van der Waals surface area contributed by atoms with Crippen LogP contribution in [0.4, 0.5) is 8.78 Å². The molecule has 0 amide bonds. The van der Waals surface area contributed by atoms with Crippen LogP contribution in [-0.4, -0.2) is 13.1 Å². The molecule has 2 nitrogen and oxygen atoms in total. The van der Waals surface area contributed by atoms with Crippen molar-refractivity contribution in [3.05, 3.63) is 35.4 Å². The molecule has 0 saturated carbocycles. The van der Waals surface area contributed by atoms with E-state index in [9.17, 15) is 13.6 Å². The maximum Gasteiger partial charge on any atom is 0.384 e. The van der Waals surface area contributed by atoms with Gasteiger partial charge in [0, 0.05) is 12.3 Å². The van der Waals surface area contributed by atoms with Gasteiger partial charge >= 0.3 is 5.97 Å². The van der Waals surface area contributed by atoms with Crippen molar-refractivity contribution in [2.75, 3.05) is 7.11 Å². The van der Waals surface area contributed by atoms with Crippen LogP contribution in [0.5, 0.6) is 0 Å². The smallest absolute Gasteiger partial charge is 0.384 e. The van der Waals surface area contributed by atoms with Crippen molar-refractivity contribution in [2.45, 2.75) is 6.42 Å².